The lowest BCUT2D eigenvalue weighted by atomic mass is 10.2. The number of ether oxygens (including phenoxy) is 2. The van der Waals surface area contributed by atoms with Gasteiger partial charge in [-0.3, -0.25) is 14.5 Å². The fourth-order valence-electron chi connectivity index (χ4n) is 2.31. The van der Waals surface area contributed by atoms with Crippen molar-refractivity contribution in [1.29, 1.82) is 0 Å². The van der Waals surface area contributed by atoms with E-state index in [2.05, 4.69) is 4.74 Å². The first-order valence-electron chi connectivity index (χ1n) is 7.07. The van der Waals surface area contributed by atoms with Gasteiger partial charge in [-0.05, 0) is 27.7 Å². The van der Waals surface area contributed by atoms with Crippen molar-refractivity contribution < 1.29 is 19.1 Å². The summed E-state index contributed by atoms with van der Waals surface area (Å²) in [6.07, 6.45) is 0.103. The van der Waals surface area contributed by atoms with Crippen molar-refractivity contribution in [2.24, 2.45) is 0 Å². The summed E-state index contributed by atoms with van der Waals surface area (Å²) >= 11 is 0. The molecular weight excluding hydrogens is 260 g/mol. The molecular formula is C14H26N2O4. The molecule has 6 heteroatoms. The summed E-state index contributed by atoms with van der Waals surface area (Å²) in [6.45, 7) is 9.42. The van der Waals surface area contributed by atoms with Crippen LogP contribution in [0.4, 0.5) is 0 Å². The number of carbonyl (C=O) groups is 2. The van der Waals surface area contributed by atoms with Gasteiger partial charge in [0.05, 0.1) is 32.4 Å². The Hall–Kier alpha value is -1.14. The van der Waals surface area contributed by atoms with Gasteiger partial charge >= 0.3 is 5.97 Å². The Kier molecular flexibility index (Phi) is 6.42. The lowest BCUT2D eigenvalue weighted by molar-refractivity contribution is -0.147. The predicted octanol–water partition coefficient (Wildman–Crippen LogP) is 0.506. The lowest BCUT2D eigenvalue weighted by Gasteiger charge is -2.36. The van der Waals surface area contributed by atoms with E-state index in [0.717, 1.165) is 0 Å². The summed E-state index contributed by atoms with van der Waals surface area (Å²) < 4.78 is 10.3. The van der Waals surface area contributed by atoms with Gasteiger partial charge in [-0.1, -0.05) is 0 Å². The molecule has 0 aromatic rings. The van der Waals surface area contributed by atoms with Crippen molar-refractivity contribution in [2.75, 3.05) is 33.3 Å². The molecule has 6 nitrogen and oxygen atoms in total. The van der Waals surface area contributed by atoms with Crippen LogP contribution in [0.15, 0.2) is 0 Å². The maximum atomic E-state index is 12.4. The quantitative estimate of drug-likeness (QED) is 0.689. The monoisotopic (exact) mass is 286 g/mol. The van der Waals surface area contributed by atoms with Gasteiger partial charge < -0.3 is 14.4 Å². The summed E-state index contributed by atoms with van der Waals surface area (Å²) in [5, 5.41) is 0. The van der Waals surface area contributed by atoms with Crippen LogP contribution in [0.3, 0.4) is 0 Å². The first-order valence-corrected chi connectivity index (χ1v) is 7.07. The second-order valence-electron chi connectivity index (χ2n) is 5.63. The van der Waals surface area contributed by atoms with Gasteiger partial charge in [0.25, 0.3) is 0 Å². The first-order chi connectivity index (χ1) is 9.33. The number of methoxy groups -OCH3 is 1. The molecule has 0 radical (unpaired) electrons. The molecule has 116 valence electrons. The Bertz CT molecular complexity index is 336. The number of esters is 1. The summed E-state index contributed by atoms with van der Waals surface area (Å²) in [5.74, 6) is -0.292. The van der Waals surface area contributed by atoms with Crippen LogP contribution in [-0.2, 0) is 19.1 Å². The van der Waals surface area contributed by atoms with Crippen LogP contribution >= 0.6 is 0 Å². The minimum absolute atomic E-state index is 0.0320. The molecule has 0 aliphatic carbocycles. The van der Waals surface area contributed by atoms with Crippen molar-refractivity contribution >= 4 is 11.9 Å². The molecule has 2 unspecified atom stereocenters. The van der Waals surface area contributed by atoms with Crippen molar-refractivity contribution in [1.82, 2.24) is 9.80 Å². The van der Waals surface area contributed by atoms with Crippen LogP contribution in [0.2, 0.25) is 0 Å². The number of carbonyl (C=O) groups excluding carboxylic acids is 2. The van der Waals surface area contributed by atoms with Crippen molar-refractivity contribution in [2.45, 2.75) is 45.9 Å². The highest BCUT2D eigenvalue weighted by Gasteiger charge is 2.28. The molecule has 0 N–H and O–H groups in total. The van der Waals surface area contributed by atoms with E-state index in [1.165, 1.54) is 7.11 Å². The molecule has 1 aliphatic rings. The third-order valence-corrected chi connectivity index (χ3v) is 3.40. The Morgan fingerprint density at radius 1 is 1.25 bits per heavy atom. The Morgan fingerprint density at radius 2 is 1.80 bits per heavy atom. The average Bonchev–Trinajstić information content (AvgIpc) is 2.36. The van der Waals surface area contributed by atoms with E-state index >= 15 is 0 Å². The molecule has 1 heterocycles. The Morgan fingerprint density at radius 3 is 2.25 bits per heavy atom. The predicted molar refractivity (Wildman–Crippen MR) is 75.3 cm³/mol. The number of hydrogen-bond acceptors (Lipinski definition) is 5. The van der Waals surface area contributed by atoms with Gasteiger partial charge in [0.1, 0.15) is 0 Å². The molecule has 1 amide bonds. The normalized spacial score (nSPS) is 23.2. The molecule has 1 aliphatic heterocycles. The number of nitrogens with zero attached hydrogens (tertiary/aromatic N) is 2. The second-order valence-corrected chi connectivity index (χ2v) is 5.63. The van der Waals surface area contributed by atoms with Crippen molar-refractivity contribution in [3.63, 3.8) is 0 Å². The van der Waals surface area contributed by atoms with E-state index < -0.39 is 0 Å². The van der Waals surface area contributed by atoms with E-state index in [0.29, 0.717) is 13.1 Å². The van der Waals surface area contributed by atoms with Gasteiger partial charge in [0, 0.05) is 19.1 Å². The zero-order chi connectivity index (χ0) is 15.3. The third-order valence-electron chi connectivity index (χ3n) is 3.40. The van der Waals surface area contributed by atoms with Gasteiger partial charge in [-0.15, -0.1) is 0 Å². The lowest BCUT2D eigenvalue weighted by Crippen LogP contribution is -2.52. The number of rotatable bonds is 5. The first kappa shape index (κ1) is 16.9. The van der Waals surface area contributed by atoms with Crippen LogP contribution in [0, 0.1) is 0 Å². The molecule has 2 atom stereocenters. The topological polar surface area (TPSA) is 59.1 Å². The van der Waals surface area contributed by atoms with Crippen LogP contribution in [0.1, 0.15) is 27.7 Å². The standard InChI is InChI=1S/C14H26N2O4/c1-10(2)15(9-14(18)19-5)8-13(17)16-6-11(3)20-12(4)7-16/h10-12H,6-9H2,1-5H3. The fourth-order valence-corrected chi connectivity index (χ4v) is 2.31. The highest BCUT2D eigenvalue weighted by molar-refractivity contribution is 5.79. The zero-order valence-electron chi connectivity index (χ0n) is 13.1. The van der Waals surface area contributed by atoms with Crippen molar-refractivity contribution in [3.05, 3.63) is 0 Å². The third kappa shape index (κ3) is 5.09. The van der Waals surface area contributed by atoms with E-state index in [1.54, 1.807) is 0 Å². The van der Waals surface area contributed by atoms with E-state index in [1.807, 2.05) is 37.5 Å². The zero-order valence-corrected chi connectivity index (χ0v) is 13.1. The van der Waals surface area contributed by atoms with Gasteiger partial charge in [-0.25, -0.2) is 0 Å². The largest absolute Gasteiger partial charge is 0.468 e. The van der Waals surface area contributed by atoms with Crippen LogP contribution < -0.4 is 0 Å². The molecule has 0 saturated carbocycles. The maximum Gasteiger partial charge on any atom is 0.319 e. The average molecular weight is 286 g/mol. The number of hydrogen-bond donors (Lipinski definition) is 0. The van der Waals surface area contributed by atoms with E-state index in [9.17, 15) is 9.59 Å². The minimum atomic E-state index is -0.324. The number of amides is 1. The summed E-state index contributed by atoms with van der Waals surface area (Å²) in [6, 6.07) is 0.105. The molecule has 1 rings (SSSR count). The summed E-state index contributed by atoms with van der Waals surface area (Å²) in [5.41, 5.74) is 0. The highest BCUT2D eigenvalue weighted by Crippen LogP contribution is 2.11. The Balaban J connectivity index is 2.59. The fraction of sp³-hybridized carbons (Fsp3) is 0.857. The highest BCUT2D eigenvalue weighted by atomic mass is 16.5. The minimum Gasteiger partial charge on any atom is -0.468 e. The van der Waals surface area contributed by atoms with Gasteiger partial charge in [0.15, 0.2) is 0 Å². The van der Waals surface area contributed by atoms with Crippen molar-refractivity contribution in [3.8, 4) is 0 Å². The maximum absolute atomic E-state index is 12.4. The van der Waals surface area contributed by atoms with Crippen LogP contribution in [0.5, 0.6) is 0 Å². The molecule has 0 aromatic carbocycles. The van der Waals surface area contributed by atoms with Crippen LogP contribution in [-0.4, -0.2) is 73.2 Å². The Labute approximate surface area is 121 Å². The van der Waals surface area contributed by atoms with Crippen LogP contribution in [0.25, 0.3) is 0 Å². The smallest absolute Gasteiger partial charge is 0.319 e. The molecule has 0 bridgehead atoms. The number of morpholine rings is 1. The molecule has 20 heavy (non-hydrogen) atoms. The SMILES string of the molecule is COC(=O)CN(CC(=O)N1CC(C)OC(C)C1)C(C)C. The molecule has 1 saturated heterocycles. The van der Waals surface area contributed by atoms with E-state index in [4.69, 9.17) is 4.74 Å². The van der Waals surface area contributed by atoms with E-state index in [-0.39, 0.29) is 43.2 Å². The summed E-state index contributed by atoms with van der Waals surface area (Å²) in [4.78, 5) is 27.4. The van der Waals surface area contributed by atoms with Gasteiger partial charge in [-0.2, -0.15) is 0 Å². The molecule has 1 fully saturated rings. The molecule has 0 spiro atoms. The molecule has 0 aromatic heterocycles. The van der Waals surface area contributed by atoms with Gasteiger partial charge in [0.2, 0.25) is 5.91 Å². The second kappa shape index (κ2) is 7.59. The summed E-state index contributed by atoms with van der Waals surface area (Å²) in [7, 11) is 1.36.